The molecule has 1 heterocycles. The lowest BCUT2D eigenvalue weighted by atomic mass is 10.3. The molecular weight excluding hydrogens is 176 g/mol. The van der Waals surface area contributed by atoms with Crippen LogP contribution in [-0.4, -0.2) is 4.98 Å². The van der Waals surface area contributed by atoms with Crippen molar-refractivity contribution in [2.45, 2.75) is 0 Å². The van der Waals surface area contributed by atoms with E-state index < -0.39 is 0 Å². The molecule has 1 aromatic heterocycles. The molecule has 1 aromatic carbocycles. The zero-order valence-corrected chi connectivity index (χ0v) is 6.67. The summed E-state index contributed by atoms with van der Waals surface area (Å²) in [5.41, 5.74) is 1.19. The van der Waals surface area contributed by atoms with Crippen LogP contribution in [0.25, 0.3) is 11.1 Å². The summed E-state index contributed by atoms with van der Waals surface area (Å²) >= 11 is 5.70. The molecule has 0 aliphatic rings. The summed E-state index contributed by atoms with van der Waals surface area (Å²) < 4.78 is 5.04. The number of halogens is 1. The third kappa shape index (κ3) is 1.03. The summed E-state index contributed by atoms with van der Waals surface area (Å²) in [6.07, 6.45) is 0. The van der Waals surface area contributed by atoms with Gasteiger partial charge in [0, 0.05) is 11.1 Å². The maximum atomic E-state index is 8.47. The largest absolute Gasteiger partial charge is 0.428 e. The maximum Gasteiger partial charge on any atom is 0.301 e. The van der Waals surface area contributed by atoms with Crippen molar-refractivity contribution >= 4 is 22.7 Å². The van der Waals surface area contributed by atoms with Crippen molar-refractivity contribution in [3.05, 3.63) is 29.1 Å². The average Bonchev–Trinajstić information content (AvgIpc) is 2.46. The number of nitrogens with zero attached hydrogens (tertiary/aromatic N) is 2. The van der Waals surface area contributed by atoms with E-state index in [1.165, 1.54) is 0 Å². The number of rotatable bonds is 0. The lowest BCUT2D eigenvalue weighted by molar-refractivity contribution is 0.584. The van der Waals surface area contributed by atoms with Crippen LogP contribution in [0.2, 0.25) is 5.02 Å². The van der Waals surface area contributed by atoms with E-state index in [2.05, 4.69) is 4.98 Å². The minimum absolute atomic E-state index is 0.0623. The van der Waals surface area contributed by atoms with E-state index in [9.17, 15) is 0 Å². The number of hydrogen-bond acceptors (Lipinski definition) is 3. The van der Waals surface area contributed by atoms with Gasteiger partial charge in [0.25, 0.3) is 0 Å². The minimum atomic E-state index is 0.0623. The molecule has 0 saturated heterocycles. The molecule has 0 N–H and O–H groups in total. The van der Waals surface area contributed by atoms with E-state index in [4.69, 9.17) is 21.3 Å². The van der Waals surface area contributed by atoms with Crippen LogP contribution in [0.5, 0.6) is 0 Å². The Kier molecular flexibility index (Phi) is 1.49. The highest BCUT2D eigenvalue weighted by atomic mass is 35.5. The van der Waals surface area contributed by atoms with Gasteiger partial charge in [-0.3, -0.25) is 0 Å². The van der Waals surface area contributed by atoms with Gasteiger partial charge in [0.05, 0.1) is 0 Å². The van der Waals surface area contributed by atoms with E-state index >= 15 is 0 Å². The molecule has 2 aromatic rings. The van der Waals surface area contributed by atoms with Crippen LogP contribution >= 0.6 is 11.6 Å². The van der Waals surface area contributed by atoms with Gasteiger partial charge in [-0.1, -0.05) is 11.6 Å². The number of nitriles is 1. The molecule has 0 atom stereocenters. The minimum Gasteiger partial charge on any atom is -0.428 e. The first-order valence-corrected chi connectivity index (χ1v) is 3.63. The molecule has 0 amide bonds. The van der Waals surface area contributed by atoms with Crippen LogP contribution in [0.4, 0.5) is 0 Å². The second-order valence-electron chi connectivity index (χ2n) is 2.24. The predicted octanol–water partition coefficient (Wildman–Crippen LogP) is 2.35. The molecule has 0 aliphatic heterocycles. The van der Waals surface area contributed by atoms with Gasteiger partial charge in [-0.25, -0.2) is 0 Å². The Hall–Kier alpha value is -1.53. The van der Waals surface area contributed by atoms with Crippen LogP contribution in [0.1, 0.15) is 5.89 Å². The lowest BCUT2D eigenvalue weighted by Gasteiger charge is -1.85. The quantitative estimate of drug-likeness (QED) is 0.622. The molecule has 3 nitrogen and oxygen atoms in total. The second kappa shape index (κ2) is 2.50. The van der Waals surface area contributed by atoms with E-state index in [0.717, 1.165) is 0 Å². The average molecular weight is 179 g/mol. The SMILES string of the molecule is N#Cc1nc2ccc(Cl)cc2o1. The lowest BCUT2D eigenvalue weighted by Crippen LogP contribution is -1.68. The van der Waals surface area contributed by atoms with Crippen molar-refractivity contribution in [1.29, 1.82) is 5.26 Å². The first-order valence-electron chi connectivity index (χ1n) is 3.26. The Bertz CT molecular complexity index is 469. The Labute approximate surface area is 73.2 Å². The normalized spacial score (nSPS) is 10.0. The molecular formula is C8H3ClN2O. The first-order chi connectivity index (χ1) is 5.79. The van der Waals surface area contributed by atoms with Crippen molar-refractivity contribution < 1.29 is 4.42 Å². The zero-order chi connectivity index (χ0) is 8.55. The highest BCUT2D eigenvalue weighted by Gasteiger charge is 2.03. The van der Waals surface area contributed by atoms with Gasteiger partial charge >= 0.3 is 5.89 Å². The monoisotopic (exact) mass is 178 g/mol. The molecule has 4 heteroatoms. The summed E-state index contributed by atoms with van der Waals surface area (Å²) in [5.74, 6) is 0.0623. The van der Waals surface area contributed by atoms with Crippen molar-refractivity contribution in [3.8, 4) is 6.07 Å². The van der Waals surface area contributed by atoms with Crippen molar-refractivity contribution in [2.75, 3.05) is 0 Å². The van der Waals surface area contributed by atoms with E-state index in [-0.39, 0.29) is 5.89 Å². The molecule has 0 fully saturated rings. The van der Waals surface area contributed by atoms with Gasteiger partial charge in [0.2, 0.25) is 0 Å². The molecule has 0 unspecified atom stereocenters. The third-order valence-corrected chi connectivity index (χ3v) is 1.68. The summed E-state index contributed by atoms with van der Waals surface area (Å²) in [6, 6.07) is 6.86. The van der Waals surface area contributed by atoms with Crippen molar-refractivity contribution in [3.63, 3.8) is 0 Å². The Morgan fingerprint density at radius 3 is 3.08 bits per heavy atom. The number of fused-ring (bicyclic) bond motifs is 1. The standard InChI is InChI=1S/C8H3ClN2O/c9-5-1-2-6-7(3-5)12-8(4-10)11-6/h1-3H. The molecule has 58 valence electrons. The van der Waals surface area contributed by atoms with Gasteiger partial charge in [-0.2, -0.15) is 10.2 Å². The van der Waals surface area contributed by atoms with Crippen LogP contribution in [-0.2, 0) is 0 Å². The number of oxazole rings is 1. The number of benzene rings is 1. The fraction of sp³-hybridized carbons (Fsp3) is 0. The number of aromatic nitrogens is 1. The highest BCUT2D eigenvalue weighted by Crippen LogP contribution is 2.19. The zero-order valence-electron chi connectivity index (χ0n) is 5.91. The fourth-order valence-corrected chi connectivity index (χ4v) is 1.11. The number of hydrogen-bond donors (Lipinski definition) is 0. The first kappa shape index (κ1) is 7.14. The highest BCUT2D eigenvalue weighted by molar-refractivity contribution is 6.31. The van der Waals surface area contributed by atoms with E-state index in [0.29, 0.717) is 16.1 Å². The van der Waals surface area contributed by atoms with Gasteiger partial charge in [-0.15, -0.1) is 0 Å². The molecule has 0 bridgehead atoms. The van der Waals surface area contributed by atoms with Crippen LogP contribution in [0.15, 0.2) is 22.6 Å². The molecule has 2 rings (SSSR count). The summed E-state index contributed by atoms with van der Waals surface area (Å²) in [6.45, 7) is 0. The van der Waals surface area contributed by atoms with Crippen LogP contribution in [0, 0.1) is 11.3 Å². The van der Waals surface area contributed by atoms with Gasteiger partial charge in [-0.05, 0) is 12.1 Å². The van der Waals surface area contributed by atoms with Crippen LogP contribution < -0.4 is 0 Å². The van der Waals surface area contributed by atoms with E-state index in [1.807, 2.05) is 6.07 Å². The Morgan fingerprint density at radius 1 is 1.50 bits per heavy atom. The molecule has 0 spiro atoms. The van der Waals surface area contributed by atoms with Crippen molar-refractivity contribution in [1.82, 2.24) is 4.98 Å². The molecule has 0 saturated carbocycles. The molecule has 12 heavy (non-hydrogen) atoms. The Morgan fingerprint density at radius 2 is 2.33 bits per heavy atom. The Balaban J connectivity index is 2.77. The van der Waals surface area contributed by atoms with Gasteiger partial charge in [0.1, 0.15) is 5.52 Å². The topological polar surface area (TPSA) is 49.8 Å². The van der Waals surface area contributed by atoms with E-state index in [1.54, 1.807) is 18.2 Å². The summed E-state index contributed by atoms with van der Waals surface area (Å²) in [5, 5.41) is 9.04. The second-order valence-corrected chi connectivity index (χ2v) is 2.68. The maximum absolute atomic E-state index is 8.47. The fourth-order valence-electron chi connectivity index (χ4n) is 0.946. The third-order valence-electron chi connectivity index (χ3n) is 1.45. The van der Waals surface area contributed by atoms with Gasteiger partial charge < -0.3 is 4.42 Å². The summed E-state index contributed by atoms with van der Waals surface area (Å²) in [7, 11) is 0. The smallest absolute Gasteiger partial charge is 0.301 e. The molecule has 0 radical (unpaired) electrons. The van der Waals surface area contributed by atoms with Gasteiger partial charge in [0.15, 0.2) is 11.7 Å². The predicted molar refractivity (Wildman–Crippen MR) is 43.7 cm³/mol. The summed E-state index contributed by atoms with van der Waals surface area (Å²) in [4.78, 5) is 3.89. The van der Waals surface area contributed by atoms with Crippen molar-refractivity contribution in [2.24, 2.45) is 0 Å². The van der Waals surface area contributed by atoms with Crippen LogP contribution in [0.3, 0.4) is 0 Å². The molecule has 0 aliphatic carbocycles.